The normalized spacial score (nSPS) is 15.4. The van der Waals surface area contributed by atoms with Crippen LogP contribution in [0.2, 0.25) is 0 Å². The van der Waals surface area contributed by atoms with E-state index in [1.165, 1.54) is 51.6 Å². The van der Waals surface area contributed by atoms with Crippen molar-refractivity contribution in [2.75, 3.05) is 32.8 Å². The third-order valence-electron chi connectivity index (χ3n) is 3.60. The number of alkyl carbamates (subject to hydrolysis) is 1. The van der Waals surface area contributed by atoms with Crippen molar-refractivity contribution in [1.29, 1.82) is 0 Å². The number of amides is 1. The highest BCUT2D eigenvalue weighted by Crippen LogP contribution is 2.08. The molecular formula is C15H31ClN2O2. The lowest BCUT2D eigenvalue weighted by molar-refractivity contribution is 0.135. The lowest BCUT2D eigenvalue weighted by atomic mass is 10.1. The first-order chi connectivity index (χ1) is 9.33. The molecular weight excluding hydrogens is 276 g/mol. The standard InChI is InChI=1S/C15H30N2O2.ClH/c1-2-3-4-6-10-16-15(18)19-14-9-13-17-11-7-5-8-12-17;/h2-14H2,1H3,(H,16,18);1H. The van der Waals surface area contributed by atoms with Gasteiger partial charge in [-0.3, -0.25) is 0 Å². The van der Waals surface area contributed by atoms with E-state index in [0.717, 1.165) is 25.9 Å². The molecule has 0 aliphatic carbocycles. The maximum atomic E-state index is 11.4. The molecule has 4 nitrogen and oxygen atoms in total. The predicted molar refractivity (Wildman–Crippen MR) is 85.6 cm³/mol. The summed E-state index contributed by atoms with van der Waals surface area (Å²) in [7, 11) is 0. The van der Waals surface area contributed by atoms with Gasteiger partial charge in [0.05, 0.1) is 6.61 Å². The number of unbranched alkanes of at least 4 members (excludes halogenated alkanes) is 3. The van der Waals surface area contributed by atoms with Crippen molar-refractivity contribution in [2.45, 2.75) is 58.3 Å². The van der Waals surface area contributed by atoms with Crippen molar-refractivity contribution >= 4 is 18.5 Å². The third kappa shape index (κ3) is 10.3. The zero-order chi connectivity index (χ0) is 13.8. The molecule has 0 saturated carbocycles. The van der Waals surface area contributed by atoms with Crippen LogP contribution in [0.3, 0.4) is 0 Å². The van der Waals surface area contributed by atoms with Crippen LogP contribution in [0.4, 0.5) is 4.79 Å². The molecule has 0 aromatic carbocycles. The first-order valence-corrected chi connectivity index (χ1v) is 7.96. The minimum absolute atomic E-state index is 0. The second kappa shape index (κ2) is 13.5. The summed E-state index contributed by atoms with van der Waals surface area (Å²) in [4.78, 5) is 13.8. The summed E-state index contributed by atoms with van der Waals surface area (Å²) in [6.07, 6.45) is 9.40. The summed E-state index contributed by atoms with van der Waals surface area (Å²) in [6, 6.07) is 0. The van der Waals surface area contributed by atoms with Gasteiger partial charge in [0.1, 0.15) is 0 Å². The summed E-state index contributed by atoms with van der Waals surface area (Å²) in [5.41, 5.74) is 0. The number of piperidine rings is 1. The van der Waals surface area contributed by atoms with Gasteiger partial charge in [-0.2, -0.15) is 0 Å². The zero-order valence-electron chi connectivity index (χ0n) is 12.9. The van der Waals surface area contributed by atoms with Gasteiger partial charge in [-0.05, 0) is 38.8 Å². The predicted octanol–water partition coefficient (Wildman–Crippen LogP) is 3.59. The fourth-order valence-electron chi connectivity index (χ4n) is 2.43. The van der Waals surface area contributed by atoms with Gasteiger partial charge in [-0.25, -0.2) is 4.79 Å². The van der Waals surface area contributed by atoms with Crippen molar-refractivity contribution < 1.29 is 9.53 Å². The van der Waals surface area contributed by atoms with Crippen LogP contribution in [0.1, 0.15) is 58.3 Å². The molecule has 1 amide bonds. The highest BCUT2D eigenvalue weighted by atomic mass is 35.5. The van der Waals surface area contributed by atoms with E-state index in [-0.39, 0.29) is 18.5 Å². The van der Waals surface area contributed by atoms with Crippen molar-refractivity contribution in [3.05, 3.63) is 0 Å². The number of ether oxygens (including phenoxy) is 1. The Kier molecular flexibility index (Phi) is 13.2. The Hall–Kier alpha value is -0.480. The van der Waals surface area contributed by atoms with E-state index >= 15 is 0 Å². The summed E-state index contributed by atoms with van der Waals surface area (Å²) >= 11 is 0. The fourth-order valence-corrected chi connectivity index (χ4v) is 2.43. The van der Waals surface area contributed by atoms with E-state index in [0.29, 0.717) is 6.61 Å². The number of hydrogen-bond acceptors (Lipinski definition) is 3. The first kappa shape index (κ1) is 19.5. The Labute approximate surface area is 130 Å². The van der Waals surface area contributed by atoms with E-state index in [1.54, 1.807) is 0 Å². The second-order valence-electron chi connectivity index (χ2n) is 5.38. The number of nitrogens with one attached hydrogen (secondary N) is 1. The number of likely N-dealkylation sites (tertiary alicyclic amines) is 1. The van der Waals surface area contributed by atoms with Gasteiger partial charge >= 0.3 is 6.09 Å². The third-order valence-corrected chi connectivity index (χ3v) is 3.60. The quantitative estimate of drug-likeness (QED) is 0.662. The minimum atomic E-state index is -0.254. The zero-order valence-corrected chi connectivity index (χ0v) is 13.7. The van der Waals surface area contributed by atoms with Gasteiger partial charge in [0.2, 0.25) is 0 Å². The second-order valence-corrected chi connectivity index (χ2v) is 5.38. The molecule has 1 N–H and O–H groups in total. The van der Waals surface area contributed by atoms with E-state index in [4.69, 9.17) is 4.74 Å². The average Bonchev–Trinajstić information content (AvgIpc) is 2.44. The van der Waals surface area contributed by atoms with Crippen LogP contribution in [0.25, 0.3) is 0 Å². The van der Waals surface area contributed by atoms with Crippen molar-refractivity contribution in [3.63, 3.8) is 0 Å². The van der Waals surface area contributed by atoms with Crippen LogP contribution in [0.15, 0.2) is 0 Å². The number of nitrogens with zero attached hydrogens (tertiary/aromatic N) is 1. The Balaban J connectivity index is 0.00000361. The van der Waals surface area contributed by atoms with Gasteiger partial charge in [0.15, 0.2) is 0 Å². The number of carbonyl (C=O) groups is 1. The molecule has 120 valence electrons. The summed E-state index contributed by atoms with van der Waals surface area (Å²) in [5.74, 6) is 0. The lowest BCUT2D eigenvalue weighted by Crippen LogP contribution is -2.32. The molecule has 0 bridgehead atoms. The molecule has 0 radical (unpaired) electrons. The Morgan fingerprint density at radius 3 is 2.55 bits per heavy atom. The van der Waals surface area contributed by atoms with E-state index in [9.17, 15) is 4.79 Å². The summed E-state index contributed by atoms with van der Waals surface area (Å²) in [6.45, 7) is 6.95. The molecule has 1 rings (SSSR count). The van der Waals surface area contributed by atoms with Gasteiger partial charge in [0.25, 0.3) is 0 Å². The maximum absolute atomic E-state index is 11.4. The molecule has 20 heavy (non-hydrogen) atoms. The largest absolute Gasteiger partial charge is 0.450 e. The Morgan fingerprint density at radius 2 is 1.85 bits per heavy atom. The highest BCUT2D eigenvalue weighted by Gasteiger charge is 2.09. The monoisotopic (exact) mass is 306 g/mol. The molecule has 0 aromatic heterocycles. The smallest absolute Gasteiger partial charge is 0.407 e. The van der Waals surface area contributed by atoms with Gasteiger partial charge in [0, 0.05) is 13.1 Å². The van der Waals surface area contributed by atoms with Gasteiger partial charge < -0.3 is 15.0 Å². The minimum Gasteiger partial charge on any atom is -0.450 e. The average molecular weight is 307 g/mol. The summed E-state index contributed by atoms with van der Waals surface area (Å²) < 4.78 is 5.16. The topological polar surface area (TPSA) is 41.6 Å². The van der Waals surface area contributed by atoms with Crippen molar-refractivity contribution in [2.24, 2.45) is 0 Å². The van der Waals surface area contributed by atoms with Crippen LogP contribution in [0.5, 0.6) is 0 Å². The molecule has 1 heterocycles. The van der Waals surface area contributed by atoms with Crippen LogP contribution in [-0.2, 0) is 4.74 Å². The summed E-state index contributed by atoms with van der Waals surface area (Å²) in [5, 5.41) is 2.81. The molecule has 0 unspecified atom stereocenters. The van der Waals surface area contributed by atoms with Gasteiger partial charge in [-0.15, -0.1) is 12.4 Å². The Morgan fingerprint density at radius 1 is 1.10 bits per heavy atom. The number of carbonyl (C=O) groups excluding carboxylic acids is 1. The van der Waals surface area contributed by atoms with Crippen LogP contribution >= 0.6 is 12.4 Å². The van der Waals surface area contributed by atoms with Crippen LogP contribution in [-0.4, -0.2) is 43.8 Å². The van der Waals surface area contributed by atoms with E-state index in [2.05, 4.69) is 17.1 Å². The van der Waals surface area contributed by atoms with Crippen molar-refractivity contribution in [3.8, 4) is 0 Å². The lowest BCUT2D eigenvalue weighted by Gasteiger charge is -2.26. The fraction of sp³-hybridized carbons (Fsp3) is 0.933. The van der Waals surface area contributed by atoms with E-state index < -0.39 is 0 Å². The molecule has 1 fully saturated rings. The molecule has 1 aliphatic rings. The molecule has 0 aromatic rings. The molecule has 5 heteroatoms. The molecule has 1 saturated heterocycles. The number of hydrogen-bond donors (Lipinski definition) is 1. The maximum Gasteiger partial charge on any atom is 0.407 e. The SMILES string of the molecule is CCCCCCNC(=O)OCCCN1CCCCC1.Cl. The molecule has 0 spiro atoms. The Bertz CT molecular complexity index is 234. The van der Waals surface area contributed by atoms with Crippen LogP contribution < -0.4 is 5.32 Å². The van der Waals surface area contributed by atoms with Crippen molar-refractivity contribution in [1.82, 2.24) is 10.2 Å². The number of halogens is 1. The molecule has 0 atom stereocenters. The number of rotatable bonds is 9. The van der Waals surface area contributed by atoms with E-state index in [1.807, 2.05) is 0 Å². The highest BCUT2D eigenvalue weighted by molar-refractivity contribution is 5.85. The van der Waals surface area contributed by atoms with Crippen LogP contribution in [0, 0.1) is 0 Å². The molecule has 1 aliphatic heterocycles. The van der Waals surface area contributed by atoms with Gasteiger partial charge in [-0.1, -0.05) is 32.6 Å². The first-order valence-electron chi connectivity index (χ1n) is 7.96.